The van der Waals surface area contributed by atoms with Crippen LogP contribution < -0.4 is 9.47 Å². The smallest absolute Gasteiger partial charge is 0.315 e. The molecule has 5 nitrogen and oxygen atoms in total. The normalized spacial score (nSPS) is 10.6. The van der Waals surface area contributed by atoms with E-state index in [0.717, 1.165) is 22.6 Å². The zero-order valence-electron chi connectivity index (χ0n) is 14.8. The topological polar surface area (TPSA) is 53.4 Å². The molecule has 6 heteroatoms. The number of carbonyl (C=O) groups excluding carboxylic acids is 1. The van der Waals surface area contributed by atoms with Crippen molar-refractivity contribution in [3.8, 4) is 17.2 Å². The summed E-state index contributed by atoms with van der Waals surface area (Å²) in [5.41, 5.74) is 3.09. The Kier molecular flexibility index (Phi) is 5.02. The van der Waals surface area contributed by atoms with Crippen molar-refractivity contribution in [1.29, 1.82) is 0 Å². The van der Waals surface area contributed by atoms with Crippen LogP contribution in [0.25, 0.3) is 5.69 Å². The molecule has 0 aliphatic rings. The highest BCUT2D eigenvalue weighted by Crippen LogP contribution is 2.21. The molecular formula is C20H19FN2O3. The lowest BCUT2D eigenvalue weighted by Gasteiger charge is -2.07. The van der Waals surface area contributed by atoms with Gasteiger partial charge in [-0.2, -0.15) is 5.10 Å². The van der Waals surface area contributed by atoms with Gasteiger partial charge in [0, 0.05) is 11.3 Å². The number of hydrogen-bond acceptors (Lipinski definition) is 4. The first-order chi connectivity index (χ1) is 12.5. The van der Waals surface area contributed by atoms with Crippen molar-refractivity contribution in [1.82, 2.24) is 9.78 Å². The number of carbonyl (C=O) groups is 1. The van der Waals surface area contributed by atoms with E-state index in [1.807, 2.05) is 13.8 Å². The summed E-state index contributed by atoms with van der Waals surface area (Å²) in [6, 6.07) is 12.9. The predicted molar refractivity (Wildman–Crippen MR) is 95.3 cm³/mol. The Morgan fingerprint density at radius 1 is 1.04 bits per heavy atom. The standard InChI is InChI=1S/C20H19FN2O3/c1-13-19(12-20(24)26-18-10-8-17(25-3)9-11-18)14(2)23(22-13)16-6-4-15(21)5-7-16/h4-11H,12H2,1-3H3. The van der Waals surface area contributed by atoms with E-state index in [2.05, 4.69) is 5.10 Å². The molecule has 0 radical (unpaired) electrons. The molecule has 3 rings (SSSR count). The molecule has 0 aliphatic heterocycles. The van der Waals surface area contributed by atoms with Crippen LogP contribution in [0, 0.1) is 19.7 Å². The second kappa shape index (κ2) is 7.39. The zero-order chi connectivity index (χ0) is 18.7. The van der Waals surface area contributed by atoms with Gasteiger partial charge in [0.2, 0.25) is 0 Å². The van der Waals surface area contributed by atoms with Crippen LogP contribution in [0.1, 0.15) is 17.0 Å². The van der Waals surface area contributed by atoms with Crippen molar-refractivity contribution in [2.45, 2.75) is 20.3 Å². The fourth-order valence-corrected chi connectivity index (χ4v) is 2.72. The Bertz CT molecular complexity index is 915. The first-order valence-electron chi connectivity index (χ1n) is 8.13. The quantitative estimate of drug-likeness (QED) is 0.517. The van der Waals surface area contributed by atoms with Crippen LogP contribution in [0.2, 0.25) is 0 Å². The van der Waals surface area contributed by atoms with E-state index < -0.39 is 0 Å². The van der Waals surface area contributed by atoms with Crippen LogP contribution in [0.3, 0.4) is 0 Å². The molecule has 0 unspecified atom stereocenters. The Morgan fingerprint density at radius 2 is 1.65 bits per heavy atom. The van der Waals surface area contributed by atoms with Gasteiger partial charge in [0.15, 0.2) is 0 Å². The molecular weight excluding hydrogens is 335 g/mol. The summed E-state index contributed by atoms with van der Waals surface area (Å²) in [5, 5.41) is 4.46. The maximum atomic E-state index is 13.1. The van der Waals surface area contributed by atoms with Crippen molar-refractivity contribution < 1.29 is 18.7 Å². The lowest BCUT2D eigenvalue weighted by atomic mass is 10.1. The van der Waals surface area contributed by atoms with Gasteiger partial charge in [-0.3, -0.25) is 4.79 Å². The van der Waals surface area contributed by atoms with E-state index in [1.54, 1.807) is 48.2 Å². The minimum Gasteiger partial charge on any atom is -0.497 e. The summed E-state index contributed by atoms with van der Waals surface area (Å²) in [6.07, 6.45) is 0.102. The highest BCUT2D eigenvalue weighted by molar-refractivity contribution is 5.76. The number of benzene rings is 2. The first-order valence-corrected chi connectivity index (χ1v) is 8.13. The molecule has 1 heterocycles. The zero-order valence-corrected chi connectivity index (χ0v) is 14.8. The fourth-order valence-electron chi connectivity index (χ4n) is 2.72. The molecule has 0 bridgehead atoms. The van der Waals surface area contributed by atoms with E-state index in [4.69, 9.17) is 9.47 Å². The maximum Gasteiger partial charge on any atom is 0.315 e. The van der Waals surface area contributed by atoms with Crippen molar-refractivity contribution in [3.05, 3.63) is 71.3 Å². The summed E-state index contributed by atoms with van der Waals surface area (Å²) < 4.78 is 25.3. The SMILES string of the molecule is COc1ccc(OC(=O)Cc2c(C)nn(-c3ccc(F)cc3)c2C)cc1. The molecule has 0 atom stereocenters. The number of aryl methyl sites for hydroxylation is 1. The minimum atomic E-state index is -0.375. The summed E-state index contributed by atoms with van der Waals surface area (Å²) in [6.45, 7) is 3.71. The number of ether oxygens (including phenoxy) is 2. The van der Waals surface area contributed by atoms with Crippen LogP contribution >= 0.6 is 0 Å². The molecule has 1 aromatic heterocycles. The highest BCUT2D eigenvalue weighted by Gasteiger charge is 2.17. The molecule has 3 aromatic rings. The predicted octanol–water partition coefficient (Wildman–Crippen LogP) is 3.78. The van der Waals surface area contributed by atoms with Crippen molar-refractivity contribution >= 4 is 5.97 Å². The number of halogens is 1. The van der Waals surface area contributed by atoms with Gasteiger partial charge in [0.25, 0.3) is 0 Å². The maximum absolute atomic E-state index is 13.1. The van der Waals surface area contributed by atoms with Crippen LogP contribution in [0.15, 0.2) is 48.5 Å². The molecule has 134 valence electrons. The Hall–Kier alpha value is -3.15. The van der Waals surface area contributed by atoms with E-state index in [0.29, 0.717) is 11.5 Å². The molecule has 0 fully saturated rings. The number of aromatic nitrogens is 2. The van der Waals surface area contributed by atoms with Crippen molar-refractivity contribution in [3.63, 3.8) is 0 Å². The third kappa shape index (κ3) is 3.74. The largest absolute Gasteiger partial charge is 0.497 e. The van der Waals surface area contributed by atoms with Gasteiger partial charge in [-0.1, -0.05) is 0 Å². The van der Waals surface area contributed by atoms with E-state index >= 15 is 0 Å². The number of esters is 1. The van der Waals surface area contributed by atoms with E-state index in [1.165, 1.54) is 12.1 Å². The molecule has 0 saturated carbocycles. The van der Waals surface area contributed by atoms with Crippen LogP contribution in [-0.2, 0) is 11.2 Å². The number of nitrogens with zero attached hydrogens (tertiary/aromatic N) is 2. The monoisotopic (exact) mass is 354 g/mol. The first kappa shape index (κ1) is 17.7. The highest BCUT2D eigenvalue weighted by atomic mass is 19.1. The van der Waals surface area contributed by atoms with Gasteiger partial charge >= 0.3 is 5.97 Å². The number of methoxy groups -OCH3 is 1. The third-order valence-electron chi connectivity index (χ3n) is 4.12. The minimum absolute atomic E-state index is 0.102. The van der Waals surface area contributed by atoms with E-state index in [9.17, 15) is 9.18 Å². The van der Waals surface area contributed by atoms with Gasteiger partial charge in [0.1, 0.15) is 17.3 Å². The number of rotatable bonds is 5. The summed E-state index contributed by atoms with van der Waals surface area (Å²) in [4.78, 5) is 12.3. The second-order valence-electron chi connectivity index (χ2n) is 5.86. The van der Waals surface area contributed by atoms with Gasteiger partial charge in [-0.05, 0) is 62.4 Å². The lowest BCUT2D eigenvalue weighted by Crippen LogP contribution is -2.12. The van der Waals surface area contributed by atoms with Crippen LogP contribution in [0.4, 0.5) is 4.39 Å². The van der Waals surface area contributed by atoms with Gasteiger partial charge in [-0.25, -0.2) is 9.07 Å². The van der Waals surface area contributed by atoms with Crippen molar-refractivity contribution in [2.75, 3.05) is 7.11 Å². The molecule has 0 saturated heterocycles. The van der Waals surface area contributed by atoms with Crippen molar-refractivity contribution in [2.24, 2.45) is 0 Å². The molecule has 0 N–H and O–H groups in total. The molecule has 2 aromatic carbocycles. The molecule has 0 spiro atoms. The van der Waals surface area contributed by atoms with Gasteiger partial charge < -0.3 is 9.47 Å². The van der Waals surface area contributed by atoms with Crippen LogP contribution in [-0.4, -0.2) is 22.9 Å². The van der Waals surface area contributed by atoms with E-state index in [-0.39, 0.29) is 18.2 Å². The fraction of sp³-hybridized carbons (Fsp3) is 0.200. The molecule has 0 amide bonds. The second-order valence-corrected chi connectivity index (χ2v) is 5.86. The summed E-state index contributed by atoms with van der Waals surface area (Å²) in [5.74, 6) is 0.465. The third-order valence-corrected chi connectivity index (χ3v) is 4.12. The summed E-state index contributed by atoms with van der Waals surface area (Å²) in [7, 11) is 1.57. The van der Waals surface area contributed by atoms with Crippen LogP contribution in [0.5, 0.6) is 11.5 Å². The average Bonchev–Trinajstić information content (AvgIpc) is 2.91. The lowest BCUT2D eigenvalue weighted by molar-refractivity contribution is -0.133. The van der Waals surface area contributed by atoms with Gasteiger partial charge in [0.05, 0.1) is 24.9 Å². The number of hydrogen-bond donors (Lipinski definition) is 0. The average molecular weight is 354 g/mol. The Balaban J connectivity index is 1.76. The van der Waals surface area contributed by atoms with Gasteiger partial charge in [-0.15, -0.1) is 0 Å². The molecule has 0 aliphatic carbocycles. The Morgan fingerprint density at radius 3 is 2.27 bits per heavy atom. The molecule has 26 heavy (non-hydrogen) atoms. The summed E-state index contributed by atoms with van der Waals surface area (Å²) >= 11 is 0. The Labute approximate surface area is 151 Å².